The molecule has 56 valence electrons. The third-order valence-electron chi connectivity index (χ3n) is 1.67. The van der Waals surface area contributed by atoms with Gasteiger partial charge in [-0.05, 0) is 19.3 Å². The first-order chi connectivity index (χ1) is 4.93. The molecule has 1 unspecified atom stereocenters. The number of allylic oxidation sites excluding steroid dienone is 1. The molecule has 1 nitrogen and oxygen atoms in total. The van der Waals surface area contributed by atoms with Gasteiger partial charge in [0, 0.05) is 0 Å². The normalized spacial score (nSPS) is 24.6. The van der Waals surface area contributed by atoms with Crippen LogP contribution >= 0.6 is 0 Å². The fourth-order valence-corrected chi connectivity index (χ4v) is 1.12. The third kappa shape index (κ3) is 2.36. The van der Waals surface area contributed by atoms with Crippen molar-refractivity contribution >= 4 is 0 Å². The van der Waals surface area contributed by atoms with Gasteiger partial charge >= 0.3 is 0 Å². The smallest absolute Gasteiger partial charge is 0.0648 e. The van der Waals surface area contributed by atoms with E-state index in [1.165, 1.54) is 12.8 Å². The molecule has 0 aromatic heterocycles. The monoisotopic (exact) mass is 138 g/mol. The summed E-state index contributed by atoms with van der Waals surface area (Å²) in [7, 11) is 0. The van der Waals surface area contributed by atoms with Crippen LogP contribution in [0.2, 0.25) is 0 Å². The van der Waals surface area contributed by atoms with E-state index in [1.807, 2.05) is 0 Å². The summed E-state index contributed by atoms with van der Waals surface area (Å²) in [5.74, 6) is 0. The molecule has 1 aliphatic rings. The van der Waals surface area contributed by atoms with Crippen molar-refractivity contribution in [3.05, 3.63) is 24.8 Å². The van der Waals surface area contributed by atoms with Crippen LogP contribution < -0.4 is 0 Å². The molecule has 0 radical (unpaired) electrons. The third-order valence-corrected chi connectivity index (χ3v) is 1.67. The molecule has 0 aromatic rings. The Hall–Kier alpha value is -0.560. The Labute approximate surface area is 62.4 Å². The molecule has 0 aromatic carbocycles. The summed E-state index contributed by atoms with van der Waals surface area (Å²) in [4.78, 5) is 0. The molecule has 1 rings (SSSR count). The lowest BCUT2D eigenvalue weighted by Crippen LogP contribution is -2.13. The zero-order valence-electron chi connectivity index (χ0n) is 6.25. The summed E-state index contributed by atoms with van der Waals surface area (Å²) >= 11 is 0. The van der Waals surface area contributed by atoms with E-state index in [4.69, 9.17) is 4.74 Å². The first kappa shape index (κ1) is 7.55. The van der Waals surface area contributed by atoms with Crippen LogP contribution in [0.1, 0.15) is 19.3 Å². The van der Waals surface area contributed by atoms with Gasteiger partial charge in [-0.2, -0.15) is 0 Å². The van der Waals surface area contributed by atoms with Gasteiger partial charge in [-0.3, -0.25) is 0 Å². The van der Waals surface area contributed by atoms with Crippen LogP contribution in [0.4, 0.5) is 0 Å². The summed E-state index contributed by atoms with van der Waals surface area (Å²) < 4.78 is 5.46. The first-order valence-electron chi connectivity index (χ1n) is 3.81. The Kier molecular flexibility index (Phi) is 3.23. The summed E-state index contributed by atoms with van der Waals surface area (Å²) in [5.41, 5.74) is 0. The lowest BCUT2D eigenvalue weighted by atomic mass is 10.1. The van der Waals surface area contributed by atoms with Crippen LogP contribution in [-0.2, 0) is 4.74 Å². The van der Waals surface area contributed by atoms with Crippen molar-refractivity contribution in [3.63, 3.8) is 0 Å². The Bertz CT molecular complexity index is 127. The highest BCUT2D eigenvalue weighted by Crippen LogP contribution is 2.13. The quantitative estimate of drug-likeness (QED) is 0.544. The Balaban J connectivity index is 2.15. The summed E-state index contributed by atoms with van der Waals surface area (Å²) in [5, 5.41) is 0. The maximum Gasteiger partial charge on any atom is 0.0648 e. The number of hydrogen-bond acceptors (Lipinski definition) is 1. The van der Waals surface area contributed by atoms with Crippen LogP contribution in [0, 0.1) is 0 Å². The van der Waals surface area contributed by atoms with E-state index >= 15 is 0 Å². The van der Waals surface area contributed by atoms with Gasteiger partial charge < -0.3 is 4.74 Å². The second-order valence-corrected chi connectivity index (χ2v) is 2.53. The van der Waals surface area contributed by atoms with Crippen LogP contribution in [-0.4, -0.2) is 12.7 Å². The van der Waals surface area contributed by atoms with Gasteiger partial charge in [0.2, 0.25) is 0 Å². The van der Waals surface area contributed by atoms with E-state index < -0.39 is 0 Å². The topological polar surface area (TPSA) is 9.23 Å². The second kappa shape index (κ2) is 4.29. The maximum atomic E-state index is 5.46. The molecule has 0 spiro atoms. The van der Waals surface area contributed by atoms with E-state index in [0.29, 0.717) is 12.7 Å². The fraction of sp³-hybridized carbons (Fsp3) is 0.556. The first-order valence-corrected chi connectivity index (χ1v) is 3.81. The molecule has 0 heterocycles. The highest BCUT2D eigenvalue weighted by Gasteiger charge is 2.07. The van der Waals surface area contributed by atoms with E-state index in [0.717, 1.165) is 6.42 Å². The van der Waals surface area contributed by atoms with Crippen molar-refractivity contribution in [1.29, 1.82) is 0 Å². The van der Waals surface area contributed by atoms with Gasteiger partial charge in [-0.25, -0.2) is 0 Å². The molecule has 0 saturated heterocycles. The van der Waals surface area contributed by atoms with Crippen molar-refractivity contribution in [3.8, 4) is 0 Å². The van der Waals surface area contributed by atoms with Crippen LogP contribution in [0.3, 0.4) is 0 Å². The maximum absolute atomic E-state index is 5.46. The van der Waals surface area contributed by atoms with Crippen LogP contribution in [0.15, 0.2) is 24.8 Å². The second-order valence-electron chi connectivity index (χ2n) is 2.53. The SMILES string of the molecule is C=CCOC1CC=CCC1. The molecule has 0 saturated carbocycles. The van der Waals surface area contributed by atoms with E-state index in [9.17, 15) is 0 Å². The van der Waals surface area contributed by atoms with Crippen LogP contribution in [0.25, 0.3) is 0 Å². The predicted octanol–water partition coefficient (Wildman–Crippen LogP) is 2.30. The van der Waals surface area contributed by atoms with Gasteiger partial charge in [0.05, 0.1) is 12.7 Å². The molecule has 0 amide bonds. The van der Waals surface area contributed by atoms with Gasteiger partial charge in [0.15, 0.2) is 0 Å². The lowest BCUT2D eigenvalue weighted by molar-refractivity contribution is 0.0681. The zero-order chi connectivity index (χ0) is 7.23. The molecular formula is C9H14O. The van der Waals surface area contributed by atoms with Crippen LogP contribution in [0.5, 0.6) is 0 Å². The van der Waals surface area contributed by atoms with E-state index in [1.54, 1.807) is 6.08 Å². The minimum atomic E-state index is 0.447. The molecule has 0 bridgehead atoms. The van der Waals surface area contributed by atoms with Gasteiger partial charge in [-0.15, -0.1) is 6.58 Å². The molecule has 0 aliphatic heterocycles. The van der Waals surface area contributed by atoms with Crippen molar-refractivity contribution in [2.24, 2.45) is 0 Å². The molecular weight excluding hydrogens is 124 g/mol. The molecule has 10 heavy (non-hydrogen) atoms. The Morgan fingerprint density at radius 2 is 2.50 bits per heavy atom. The summed E-state index contributed by atoms with van der Waals surface area (Å²) in [6.07, 6.45) is 10.1. The van der Waals surface area contributed by atoms with E-state index in [2.05, 4.69) is 18.7 Å². The zero-order valence-corrected chi connectivity index (χ0v) is 6.25. The average Bonchev–Trinajstić information content (AvgIpc) is 2.03. The highest BCUT2D eigenvalue weighted by atomic mass is 16.5. The standard InChI is InChI=1S/C9H14O/c1-2-8-10-9-6-4-3-5-7-9/h2-4,9H,1,5-8H2. The molecule has 0 N–H and O–H groups in total. The number of rotatable bonds is 3. The number of ether oxygens (including phenoxy) is 1. The number of hydrogen-bond donors (Lipinski definition) is 0. The Morgan fingerprint density at radius 1 is 1.60 bits per heavy atom. The van der Waals surface area contributed by atoms with Gasteiger partial charge in [-0.1, -0.05) is 18.2 Å². The van der Waals surface area contributed by atoms with Crippen molar-refractivity contribution in [2.75, 3.05) is 6.61 Å². The van der Waals surface area contributed by atoms with Gasteiger partial charge in [0.25, 0.3) is 0 Å². The summed E-state index contributed by atoms with van der Waals surface area (Å²) in [6.45, 7) is 4.30. The molecule has 0 fully saturated rings. The van der Waals surface area contributed by atoms with Crippen molar-refractivity contribution < 1.29 is 4.74 Å². The predicted molar refractivity (Wildman–Crippen MR) is 42.9 cm³/mol. The molecule has 1 aliphatic carbocycles. The van der Waals surface area contributed by atoms with E-state index in [-0.39, 0.29) is 0 Å². The fourth-order valence-electron chi connectivity index (χ4n) is 1.12. The minimum Gasteiger partial charge on any atom is -0.374 e. The Morgan fingerprint density at radius 3 is 3.10 bits per heavy atom. The largest absolute Gasteiger partial charge is 0.374 e. The van der Waals surface area contributed by atoms with Crippen molar-refractivity contribution in [1.82, 2.24) is 0 Å². The minimum absolute atomic E-state index is 0.447. The highest BCUT2D eigenvalue weighted by molar-refractivity contribution is 4.90. The molecule has 1 atom stereocenters. The van der Waals surface area contributed by atoms with Crippen molar-refractivity contribution in [2.45, 2.75) is 25.4 Å². The molecule has 1 heteroatoms. The summed E-state index contributed by atoms with van der Waals surface area (Å²) in [6, 6.07) is 0. The van der Waals surface area contributed by atoms with Gasteiger partial charge in [0.1, 0.15) is 0 Å². The average molecular weight is 138 g/mol. The lowest BCUT2D eigenvalue weighted by Gasteiger charge is -2.16.